The Morgan fingerprint density at radius 3 is 2.54 bits per heavy atom. The Balaban J connectivity index is 0.00000288. The van der Waals surface area contributed by atoms with Gasteiger partial charge in [-0.15, -0.1) is 12.4 Å². The van der Waals surface area contributed by atoms with Crippen molar-refractivity contribution in [3.63, 3.8) is 0 Å². The minimum absolute atomic E-state index is 0. The lowest BCUT2D eigenvalue weighted by Gasteiger charge is -2.17. The zero-order valence-corrected chi connectivity index (χ0v) is 14.9. The van der Waals surface area contributed by atoms with Gasteiger partial charge in [0.25, 0.3) is 0 Å². The summed E-state index contributed by atoms with van der Waals surface area (Å²) >= 11 is 0. The second-order valence-electron chi connectivity index (χ2n) is 5.51. The molecule has 0 fully saturated rings. The smallest absolute Gasteiger partial charge is 0.241 e. The second kappa shape index (κ2) is 9.90. The molecule has 130 valence electrons. The van der Waals surface area contributed by atoms with Crippen LogP contribution in [-0.2, 0) is 16.0 Å². The first kappa shape index (κ1) is 19.9. The van der Waals surface area contributed by atoms with Gasteiger partial charge in [-0.1, -0.05) is 42.5 Å². The summed E-state index contributed by atoms with van der Waals surface area (Å²) in [6.45, 7) is 1.38. The fourth-order valence-corrected chi connectivity index (χ4v) is 2.40. The number of hydrogen-bond donors (Lipinski definition) is 2. The van der Waals surface area contributed by atoms with Crippen molar-refractivity contribution in [2.75, 3.05) is 33.7 Å². The average molecular weight is 350 g/mol. The van der Waals surface area contributed by atoms with Crippen molar-refractivity contribution in [1.82, 2.24) is 15.5 Å². The van der Waals surface area contributed by atoms with E-state index in [2.05, 4.69) is 10.6 Å². The summed E-state index contributed by atoms with van der Waals surface area (Å²) in [6, 6.07) is 13.9. The molecule has 2 N–H and O–H groups in total. The summed E-state index contributed by atoms with van der Waals surface area (Å²) in [4.78, 5) is 25.6. The first-order valence-electron chi connectivity index (χ1n) is 7.73. The molecule has 5 nitrogen and oxygen atoms in total. The first-order valence-corrected chi connectivity index (χ1v) is 7.73. The van der Waals surface area contributed by atoms with Gasteiger partial charge < -0.3 is 15.5 Å². The number of hydrogen-bond acceptors (Lipinski definition) is 3. The van der Waals surface area contributed by atoms with Gasteiger partial charge in [0.1, 0.15) is 0 Å². The van der Waals surface area contributed by atoms with Crippen LogP contribution in [0.15, 0.2) is 42.5 Å². The van der Waals surface area contributed by atoms with Crippen molar-refractivity contribution < 1.29 is 9.59 Å². The van der Waals surface area contributed by atoms with Crippen molar-refractivity contribution in [2.24, 2.45) is 0 Å². The number of likely N-dealkylation sites (N-methyl/N-ethyl adjacent to an activating group) is 2. The lowest BCUT2D eigenvalue weighted by Crippen LogP contribution is -2.40. The molecule has 6 heteroatoms. The van der Waals surface area contributed by atoms with E-state index >= 15 is 0 Å². The highest BCUT2D eigenvalue weighted by atomic mass is 35.5. The molecule has 0 saturated heterocycles. The molecule has 0 radical (unpaired) electrons. The molecule has 0 unspecified atom stereocenters. The number of carbonyl (C=O) groups is 2. The molecule has 0 bridgehead atoms. The van der Waals surface area contributed by atoms with E-state index in [0.717, 1.165) is 22.9 Å². The predicted molar refractivity (Wildman–Crippen MR) is 99.5 cm³/mol. The molecule has 2 amide bonds. The second-order valence-corrected chi connectivity index (χ2v) is 5.51. The van der Waals surface area contributed by atoms with Crippen LogP contribution in [0, 0.1) is 0 Å². The lowest BCUT2D eigenvalue weighted by molar-refractivity contribution is -0.131. The third-order valence-corrected chi connectivity index (χ3v) is 3.79. The molecule has 2 rings (SSSR count). The first-order chi connectivity index (χ1) is 11.1. The summed E-state index contributed by atoms with van der Waals surface area (Å²) in [5, 5.41) is 7.87. The molecule has 2 aromatic carbocycles. The SMILES string of the molecule is CNCCN(C)C(=O)CNC(=O)Cc1cccc2ccccc12.Cl. The Labute approximate surface area is 148 Å². The Kier molecular flexibility index (Phi) is 8.22. The highest BCUT2D eigenvalue weighted by Gasteiger charge is 2.11. The zero-order chi connectivity index (χ0) is 16.7. The van der Waals surface area contributed by atoms with Gasteiger partial charge in [-0.2, -0.15) is 0 Å². The number of carbonyl (C=O) groups excluding carboxylic acids is 2. The highest BCUT2D eigenvalue weighted by Crippen LogP contribution is 2.18. The normalized spacial score (nSPS) is 10.1. The van der Waals surface area contributed by atoms with Crippen LogP contribution >= 0.6 is 12.4 Å². The number of rotatable bonds is 7. The van der Waals surface area contributed by atoms with Crippen LogP contribution in [0.3, 0.4) is 0 Å². The molecule has 0 aromatic heterocycles. The maximum Gasteiger partial charge on any atom is 0.241 e. The monoisotopic (exact) mass is 349 g/mol. The van der Waals surface area contributed by atoms with Gasteiger partial charge in [0.15, 0.2) is 0 Å². The fraction of sp³-hybridized carbons (Fsp3) is 0.333. The Bertz CT molecular complexity index is 686. The highest BCUT2D eigenvalue weighted by molar-refractivity contribution is 5.91. The van der Waals surface area contributed by atoms with Gasteiger partial charge >= 0.3 is 0 Å². The lowest BCUT2D eigenvalue weighted by atomic mass is 10.0. The van der Waals surface area contributed by atoms with Gasteiger partial charge in [-0.05, 0) is 23.4 Å². The van der Waals surface area contributed by atoms with Crippen molar-refractivity contribution in [3.8, 4) is 0 Å². The molecule has 0 aliphatic carbocycles. The van der Waals surface area contributed by atoms with Crippen molar-refractivity contribution in [3.05, 3.63) is 48.0 Å². The molecular weight excluding hydrogens is 326 g/mol. The van der Waals surface area contributed by atoms with Crippen molar-refractivity contribution in [1.29, 1.82) is 0 Å². The molecule has 0 aliphatic heterocycles. The number of nitrogens with zero attached hydrogens (tertiary/aromatic N) is 1. The van der Waals surface area contributed by atoms with Crippen molar-refractivity contribution in [2.45, 2.75) is 6.42 Å². The van der Waals surface area contributed by atoms with E-state index in [1.165, 1.54) is 0 Å². The average Bonchev–Trinajstić information content (AvgIpc) is 2.57. The number of fused-ring (bicyclic) bond motifs is 1. The third kappa shape index (κ3) is 5.51. The topological polar surface area (TPSA) is 61.4 Å². The maximum absolute atomic E-state index is 12.1. The van der Waals surface area contributed by atoms with Gasteiger partial charge in [0.2, 0.25) is 11.8 Å². The Morgan fingerprint density at radius 1 is 1.08 bits per heavy atom. The summed E-state index contributed by atoms with van der Waals surface area (Å²) < 4.78 is 0. The van der Waals surface area contributed by atoms with Crippen LogP contribution in [0.1, 0.15) is 5.56 Å². The van der Waals surface area contributed by atoms with E-state index in [0.29, 0.717) is 6.54 Å². The van der Waals surface area contributed by atoms with Crippen LogP contribution in [-0.4, -0.2) is 50.4 Å². The van der Waals surface area contributed by atoms with Crippen LogP contribution in [0.2, 0.25) is 0 Å². The Hall–Kier alpha value is -2.11. The van der Waals surface area contributed by atoms with Crippen LogP contribution in [0.4, 0.5) is 0 Å². The maximum atomic E-state index is 12.1. The molecule has 0 heterocycles. The summed E-state index contributed by atoms with van der Waals surface area (Å²) in [5.41, 5.74) is 0.969. The van der Waals surface area contributed by atoms with E-state index in [-0.39, 0.29) is 37.2 Å². The van der Waals surface area contributed by atoms with Gasteiger partial charge in [-0.3, -0.25) is 9.59 Å². The number of benzene rings is 2. The van der Waals surface area contributed by atoms with Crippen molar-refractivity contribution >= 4 is 35.0 Å². The molecule has 0 spiro atoms. The molecule has 0 aliphatic rings. The van der Waals surface area contributed by atoms with Crippen LogP contribution in [0.5, 0.6) is 0 Å². The number of halogens is 1. The van der Waals surface area contributed by atoms with Gasteiger partial charge in [0, 0.05) is 20.1 Å². The molecule has 2 aromatic rings. The Morgan fingerprint density at radius 2 is 1.79 bits per heavy atom. The predicted octanol–water partition coefficient (Wildman–Crippen LogP) is 1.60. The number of amides is 2. The fourth-order valence-electron chi connectivity index (χ4n) is 2.40. The summed E-state index contributed by atoms with van der Waals surface area (Å²) in [5.74, 6) is -0.233. The molecular formula is C18H24ClN3O2. The molecule has 0 saturated carbocycles. The summed E-state index contributed by atoms with van der Waals surface area (Å²) in [6.07, 6.45) is 0.273. The van der Waals surface area contributed by atoms with E-state index in [4.69, 9.17) is 0 Å². The third-order valence-electron chi connectivity index (χ3n) is 3.79. The molecule has 24 heavy (non-hydrogen) atoms. The summed E-state index contributed by atoms with van der Waals surface area (Å²) in [7, 11) is 3.57. The minimum atomic E-state index is -0.142. The van der Waals surface area contributed by atoms with E-state index in [9.17, 15) is 9.59 Å². The van der Waals surface area contributed by atoms with Gasteiger partial charge in [-0.25, -0.2) is 0 Å². The van der Waals surface area contributed by atoms with E-state index in [1.807, 2.05) is 49.5 Å². The minimum Gasteiger partial charge on any atom is -0.347 e. The quantitative estimate of drug-likeness (QED) is 0.798. The number of nitrogens with one attached hydrogen (secondary N) is 2. The van der Waals surface area contributed by atoms with E-state index in [1.54, 1.807) is 11.9 Å². The molecule has 0 atom stereocenters. The largest absolute Gasteiger partial charge is 0.347 e. The van der Waals surface area contributed by atoms with E-state index < -0.39 is 0 Å². The standard InChI is InChI=1S/C18H23N3O2.ClH/c1-19-10-11-21(2)18(23)13-20-17(22)12-15-8-5-7-14-6-3-4-9-16(14)15;/h3-9,19H,10-13H2,1-2H3,(H,20,22);1H. The zero-order valence-electron chi connectivity index (χ0n) is 14.0. The van der Waals surface area contributed by atoms with Gasteiger partial charge in [0.05, 0.1) is 13.0 Å². The van der Waals surface area contributed by atoms with Crippen LogP contribution in [0.25, 0.3) is 10.8 Å². The van der Waals surface area contributed by atoms with Crippen LogP contribution < -0.4 is 10.6 Å².